The molecule has 3 aromatic carbocycles. The van der Waals surface area contributed by atoms with Crippen molar-refractivity contribution in [2.45, 2.75) is 50.2 Å². The molecule has 4 aromatic rings. The average molecular weight is 568 g/mol. The Labute approximate surface area is 246 Å². The van der Waals surface area contributed by atoms with E-state index in [0.717, 1.165) is 35.3 Å². The molecule has 41 heavy (non-hydrogen) atoms. The Kier molecular flexibility index (Phi) is 9.86. The second-order valence-corrected chi connectivity index (χ2v) is 11.5. The lowest BCUT2D eigenvalue weighted by atomic mass is 10.1. The van der Waals surface area contributed by atoms with Crippen LogP contribution in [0.5, 0.6) is 0 Å². The van der Waals surface area contributed by atoms with Gasteiger partial charge in [-0.3, -0.25) is 14.2 Å². The molecule has 212 valence electrons. The van der Waals surface area contributed by atoms with E-state index in [1.54, 1.807) is 11.8 Å². The van der Waals surface area contributed by atoms with E-state index in [0.29, 0.717) is 38.9 Å². The van der Waals surface area contributed by atoms with Crippen LogP contribution in [-0.4, -0.2) is 67.8 Å². The zero-order valence-corrected chi connectivity index (χ0v) is 24.4. The summed E-state index contributed by atoms with van der Waals surface area (Å²) < 4.78 is 2.12. The Morgan fingerprint density at radius 3 is 2.15 bits per heavy atom. The second-order valence-electron chi connectivity index (χ2n) is 10.4. The number of amides is 2. The number of benzene rings is 3. The number of hydrogen-bond donors (Lipinski definition) is 0. The molecular weight excluding hydrogens is 530 g/mol. The van der Waals surface area contributed by atoms with Crippen LogP contribution in [0.4, 0.5) is 0 Å². The zero-order valence-electron chi connectivity index (χ0n) is 23.6. The van der Waals surface area contributed by atoms with Crippen LogP contribution >= 0.6 is 11.8 Å². The van der Waals surface area contributed by atoms with Crippen molar-refractivity contribution in [3.05, 3.63) is 108 Å². The minimum absolute atomic E-state index is 0.0257. The number of rotatable bonds is 11. The maximum Gasteiger partial charge on any atom is 0.223 e. The van der Waals surface area contributed by atoms with Gasteiger partial charge in [0.05, 0.1) is 0 Å². The van der Waals surface area contributed by atoms with E-state index in [1.165, 1.54) is 11.1 Å². The number of carbonyl (C=O) groups excluding carboxylic acids is 2. The van der Waals surface area contributed by atoms with Crippen molar-refractivity contribution in [1.29, 1.82) is 0 Å². The normalized spacial score (nSPS) is 15.2. The first-order valence-corrected chi connectivity index (χ1v) is 15.3. The topological polar surface area (TPSA) is 71.3 Å². The maximum absolute atomic E-state index is 13.0. The Bertz CT molecular complexity index is 1410. The highest BCUT2D eigenvalue weighted by molar-refractivity contribution is 7.99. The van der Waals surface area contributed by atoms with Gasteiger partial charge in [0.15, 0.2) is 5.16 Å². The fraction of sp³-hybridized carbons (Fsp3) is 0.333. The number of carbonyl (C=O) groups is 2. The van der Waals surface area contributed by atoms with Gasteiger partial charge in [-0.05, 0) is 43.0 Å². The summed E-state index contributed by atoms with van der Waals surface area (Å²) in [7, 11) is 0. The fourth-order valence-electron chi connectivity index (χ4n) is 5.26. The lowest BCUT2D eigenvalue weighted by Crippen LogP contribution is -2.55. The van der Waals surface area contributed by atoms with Crippen molar-refractivity contribution < 1.29 is 9.59 Å². The minimum Gasteiger partial charge on any atom is -0.339 e. The third kappa shape index (κ3) is 7.64. The van der Waals surface area contributed by atoms with Crippen LogP contribution in [0.2, 0.25) is 0 Å². The summed E-state index contributed by atoms with van der Waals surface area (Å²) in [6.45, 7) is 3.83. The predicted molar refractivity (Wildman–Crippen MR) is 163 cm³/mol. The molecular formula is C33H37N5O2S. The Balaban J connectivity index is 1.10. The van der Waals surface area contributed by atoms with E-state index in [9.17, 15) is 9.59 Å². The highest BCUT2D eigenvalue weighted by Gasteiger charge is 2.29. The monoisotopic (exact) mass is 567 g/mol. The molecule has 1 fully saturated rings. The van der Waals surface area contributed by atoms with E-state index in [1.807, 2.05) is 71.3 Å². The van der Waals surface area contributed by atoms with Gasteiger partial charge in [-0.1, -0.05) is 90.6 Å². The third-order valence-electron chi connectivity index (χ3n) is 7.46. The van der Waals surface area contributed by atoms with Gasteiger partial charge < -0.3 is 9.80 Å². The average Bonchev–Trinajstić information content (AvgIpc) is 3.41. The van der Waals surface area contributed by atoms with Crippen LogP contribution in [-0.2, 0) is 22.4 Å². The van der Waals surface area contributed by atoms with Crippen LogP contribution < -0.4 is 0 Å². The highest BCUT2D eigenvalue weighted by Crippen LogP contribution is 2.25. The largest absolute Gasteiger partial charge is 0.339 e. The number of thioether (sulfide) groups is 1. The number of nitrogens with zero attached hydrogens (tertiary/aromatic N) is 5. The van der Waals surface area contributed by atoms with Gasteiger partial charge in [0.1, 0.15) is 5.82 Å². The summed E-state index contributed by atoms with van der Waals surface area (Å²) in [5.74, 6) is 1.99. The van der Waals surface area contributed by atoms with Gasteiger partial charge in [0.2, 0.25) is 11.8 Å². The first kappa shape index (κ1) is 28.6. The molecule has 8 heteroatoms. The summed E-state index contributed by atoms with van der Waals surface area (Å²) in [6, 6.07) is 30.6. The summed E-state index contributed by atoms with van der Waals surface area (Å²) in [4.78, 5) is 29.7. The number of piperazine rings is 1. The molecule has 0 radical (unpaired) electrons. The number of hydrogen-bond acceptors (Lipinski definition) is 5. The number of aromatic nitrogens is 3. The quantitative estimate of drug-likeness (QED) is 0.179. The van der Waals surface area contributed by atoms with Gasteiger partial charge in [-0.15, -0.1) is 10.2 Å². The highest BCUT2D eigenvalue weighted by atomic mass is 32.2. The maximum atomic E-state index is 13.0. The summed E-state index contributed by atoms with van der Waals surface area (Å²) in [5, 5.41) is 9.87. The Hall–Kier alpha value is -3.91. The van der Waals surface area contributed by atoms with Gasteiger partial charge >= 0.3 is 0 Å². The molecule has 0 saturated carbocycles. The molecule has 7 nitrogen and oxygen atoms in total. The van der Waals surface area contributed by atoms with E-state index in [2.05, 4.69) is 51.2 Å². The van der Waals surface area contributed by atoms with Gasteiger partial charge in [-0.25, -0.2) is 0 Å². The van der Waals surface area contributed by atoms with Crippen molar-refractivity contribution >= 4 is 23.6 Å². The Morgan fingerprint density at radius 2 is 1.46 bits per heavy atom. The first-order valence-electron chi connectivity index (χ1n) is 14.4. The lowest BCUT2D eigenvalue weighted by Gasteiger charge is -2.40. The molecule has 5 rings (SSSR count). The predicted octanol–water partition coefficient (Wildman–Crippen LogP) is 5.42. The molecule has 2 heterocycles. The SMILES string of the molecule is CC1CN(C(=O)CCCSc2nnc(Cc3ccccc3)n2-c2ccccc2)CCN1C(=O)CCc1ccccc1. The third-order valence-corrected chi connectivity index (χ3v) is 8.47. The molecule has 0 N–H and O–H groups in total. The summed E-state index contributed by atoms with van der Waals surface area (Å²) in [6.07, 6.45) is 3.18. The van der Waals surface area contributed by atoms with Crippen molar-refractivity contribution in [3.8, 4) is 5.69 Å². The molecule has 0 bridgehead atoms. The van der Waals surface area contributed by atoms with E-state index in [4.69, 9.17) is 0 Å². The van der Waals surface area contributed by atoms with E-state index in [-0.39, 0.29) is 17.9 Å². The summed E-state index contributed by atoms with van der Waals surface area (Å²) >= 11 is 1.64. The van der Waals surface area contributed by atoms with Crippen LogP contribution in [0.3, 0.4) is 0 Å². The van der Waals surface area contributed by atoms with Crippen LogP contribution in [0, 0.1) is 0 Å². The molecule has 1 atom stereocenters. The molecule has 1 aliphatic rings. The van der Waals surface area contributed by atoms with Crippen molar-refractivity contribution in [2.24, 2.45) is 0 Å². The molecule has 1 saturated heterocycles. The van der Waals surface area contributed by atoms with Gasteiger partial charge in [0, 0.05) is 56.4 Å². The van der Waals surface area contributed by atoms with E-state index >= 15 is 0 Å². The fourth-order valence-corrected chi connectivity index (χ4v) is 6.17. The molecule has 0 aliphatic carbocycles. The van der Waals surface area contributed by atoms with Gasteiger partial charge in [-0.2, -0.15) is 0 Å². The first-order chi connectivity index (χ1) is 20.1. The van der Waals surface area contributed by atoms with Crippen molar-refractivity contribution in [3.63, 3.8) is 0 Å². The number of aryl methyl sites for hydroxylation is 1. The molecule has 1 aromatic heterocycles. The van der Waals surface area contributed by atoms with Crippen molar-refractivity contribution in [1.82, 2.24) is 24.6 Å². The molecule has 1 unspecified atom stereocenters. The van der Waals surface area contributed by atoms with Crippen LogP contribution in [0.1, 0.15) is 43.1 Å². The molecule has 0 spiro atoms. The lowest BCUT2D eigenvalue weighted by molar-refractivity contribution is -0.142. The smallest absolute Gasteiger partial charge is 0.223 e. The summed E-state index contributed by atoms with van der Waals surface area (Å²) in [5.41, 5.74) is 3.40. The van der Waals surface area contributed by atoms with E-state index < -0.39 is 0 Å². The number of para-hydroxylation sites is 1. The minimum atomic E-state index is 0.0257. The zero-order chi connectivity index (χ0) is 28.4. The standard InChI is InChI=1S/C33H37N5O2S/c1-26-25-36(21-22-37(26)32(40)20-19-27-12-5-2-6-13-27)31(39)18-11-23-41-33-35-34-30(24-28-14-7-3-8-15-28)38(33)29-16-9-4-10-17-29/h2-10,12-17,26H,11,18-25H2,1H3. The molecule has 1 aliphatic heterocycles. The van der Waals surface area contributed by atoms with Crippen LogP contribution in [0.25, 0.3) is 5.69 Å². The van der Waals surface area contributed by atoms with Crippen molar-refractivity contribution in [2.75, 3.05) is 25.4 Å². The van der Waals surface area contributed by atoms with Gasteiger partial charge in [0.25, 0.3) is 0 Å². The second kappa shape index (κ2) is 14.1. The molecule has 2 amide bonds. The Morgan fingerprint density at radius 1 is 0.805 bits per heavy atom. The van der Waals surface area contributed by atoms with Crippen LogP contribution in [0.15, 0.2) is 96.2 Å².